The Labute approximate surface area is 49.6 Å². The van der Waals surface area contributed by atoms with Crippen molar-refractivity contribution in [2.45, 2.75) is 5.12 Å². The van der Waals surface area contributed by atoms with Crippen LogP contribution in [0.2, 0.25) is 0 Å². The topological polar surface area (TPSA) is 42.1 Å². The molecule has 2 aliphatic heterocycles. The van der Waals surface area contributed by atoms with E-state index in [2.05, 4.69) is 9.78 Å². The first-order valence-corrected chi connectivity index (χ1v) is 2.91. The van der Waals surface area contributed by atoms with Gasteiger partial charge in [-0.15, -0.1) is 0 Å². The molecule has 0 unspecified atom stereocenters. The average Bonchev–Trinajstić information content (AvgIpc) is 2.34. The third-order valence-corrected chi connectivity index (χ3v) is 1.81. The molecule has 0 aromatic heterocycles. The Morgan fingerprint density at radius 2 is 2.38 bits per heavy atom. The minimum absolute atomic E-state index is 0.0116. The van der Waals surface area contributed by atoms with Crippen molar-refractivity contribution in [2.75, 3.05) is 0 Å². The Morgan fingerprint density at radius 1 is 1.62 bits per heavy atom. The van der Waals surface area contributed by atoms with Gasteiger partial charge >= 0.3 is 5.12 Å². The fraction of sp³-hybridized carbons (Fsp3) is 0.250. The number of rotatable bonds is 0. The molecule has 1 saturated heterocycles. The van der Waals surface area contributed by atoms with Crippen molar-refractivity contribution >= 4 is 16.9 Å². The van der Waals surface area contributed by atoms with Crippen LogP contribution in [0.25, 0.3) is 0 Å². The van der Waals surface area contributed by atoms with Gasteiger partial charge in [0.25, 0.3) is 0 Å². The van der Waals surface area contributed by atoms with Crippen molar-refractivity contribution < 1.29 is 14.6 Å². The summed E-state index contributed by atoms with van der Waals surface area (Å²) in [4.78, 5) is 19.4. The fourth-order valence-electron chi connectivity index (χ4n) is 0.509. The molecular formula is C4H2O3S. The lowest BCUT2D eigenvalue weighted by atomic mass is 10.5. The zero-order valence-electron chi connectivity index (χ0n) is 3.79. The van der Waals surface area contributed by atoms with Gasteiger partial charge in [0.05, 0.1) is 0 Å². The molecule has 2 aliphatic rings. The highest BCUT2D eigenvalue weighted by atomic mass is 32.2. The Bertz CT molecular complexity index is 170. The van der Waals surface area contributed by atoms with Gasteiger partial charge in [0.1, 0.15) is 0 Å². The summed E-state index contributed by atoms with van der Waals surface area (Å²) in [6.45, 7) is 0. The molecule has 0 N–H and O–H groups in total. The van der Waals surface area contributed by atoms with Crippen LogP contribution in [-0.4, -0.2) is 10.2 Å². The van der Waals surface area contributed by atoms with Crippen molar-refractivity contribution in [3.63, 3.8) is 0 Å². The quantitative estimate of drug-likeness (QED) is 0.352. The summed E-state index contributed by atoms with van der Waals surface area (Å²) in [6, 6.07) is 0. The predicted octanol–water partition coefficient (Wildman–Crippen LogP) is 0.432. The second-order valence-corrected chi connectivity index (χ2v) is 2.70. The highest BCUT2D eigenvalue weighted by molar-refractivity contribution is 8.15. The van der Waals surface area contributed by atoms with Crippen molar-refractivity contribution in [1.29, 1.82) is 0 Å². The molecule has 1 spiro atoms. The Kier molecular flexibility index (Phi) is 0.655. The van der Waals surface area contributed by atoms with Gasteiger partial charge in [-0.25, -0.2) is 0 Å². The molecule has 8 heavy (non-hydrogen) atoms. The summed E-state index contributed by atoms with van der Waals surface area (Å²) in [6.07, 6.45) is 3.04. The van der Waals surface area contributed by atoms with E-state index in [1.807, 2.05) is 0 Å². The van der Waals surface area contributed by atoms with Gasteiger partial charge in [-0.1, -0.05) is 0 Å². The van der Waals surface area contributed by atoms with Crippen LogP contribution in [0, 0.1) is 0 Å². The number of carbonyl (C=O) groups excluding carboxylic acids is 1. The third-order valence-electron chi connectivity index (χ3n) is 0.914. The molecular weight excluding hydrogens is 128 g/mol. The lowest BCUT2D eigenvalue weighted by Gasteiger charge is -1.82. The second kappa shape index (κ2) is 1.15. The van der Waals surface area contributed by atoms with E-state index in [0.29, 0.717) is 0 Å². The number of hydrogen-bond acceptors (Lipinski definition) is 4. The lowest BCUT2D eigenvalue weighted by molar-refractivity contribution is -0.106. The molecule has 42 valence electrons. The predicted molar refractivity (Wildman–Crippen MR) is 26.6 cm³/mol. The molecule has 2 heterocycles. The van der Waals surface area contributed by atoms with Gasteiger partial charge in [-0.05, 0) is 23.9 Å². The van der Waals surface area contributed by atoms with Gasteiger partial charge in [0.15, 0.2) is 0 Å². The molecule has 4 heteroatoms. The zero-order valence-corrected chi connectivity index (χ0v) is 4.60. The normalized spacial score (nSPS) is 29.8. The van der Waals surface area contributed by atoms with E-state index < -0.39 is 5.12 Å². The molecule has 0 saturated carbocycles. The van der Waals surface area contributed by atoms with E-state index in [9.17, 15) is 4.79 Å². The summed E-state index contributed by atoms with van der Waals surface area (Å²) in [5, 5.41) is -0.709. The van der Waals surface area contributed by atoms with Crippen LogP contribution in [0.5, 0.6) is 0 Å². The largest absolute Gasteiger partial charge is 0.306 e. The van der Waals surface area contributed by atoms with Crippen LogP contribution >= 0.6 is 11.8 Å². The van der Waals surface area contributed by atoms with Crippen LogP contribution in [0.15, 0.2) is 12.2 Å². The molecule has 0 aliphatic carbocycles. The van der Waals surface area contributed by atoms with Crippen LogP contribution in [0.3, 0.4) is 0 Å². The molecule has 2 rings (SSSR count). The maximum Gasteiger partial charge on any atom is 0.306 e. The van der Waals surface area contributed by atoms with Gasteiger partial charge in [0, 0.05) is 0 Å². The molecule has 0 bridgehead atoms. The average molecular weight is 130 g/mol. The molecule has 3 nitrogen and oxygen atoms in total. The number of hydrogen-bond donors (Lipinski definition) is 0. The van der Waals surface area contributed by atoms with E-state index in [1.54, 1.807) is 6.08 Å². The maximum atomic E-state index is 10.4. The number of thioether (sulfide) groups is 1. The standard InChI is InChI=1S/C4H2O3S/c5-3-1-2-4(8-3)6-7-4/h1-2H. The van der Waals surface area contributed by atoms with E-state index >= 15 is 0 Å². The van der Waals surface area contributed by atoms with E-state index in [-0.39, 0.29) is 5.12 Å². The monoisotopic (exact) mass is 130 g/mol. The van der Waals surface area contributed by atoms with E-state index in [0.717, 1.165) is 11.8 Å². The van der Waals surface area contributed by atoms with Crippen LogP contribution in [0.4, 0.5) is 0 Å². The van der Waals surface area contributed by atoms with Crippen LogP contribution < -0.4 is 0 Å². The molecule has 0 aromatic rings. The Hall–Kier alpha value is -0.320. The molecule has 0 atom stereocenters. The summed E-state index contributed by atoms with van der Waals surface area (Å²) < 4.78 is 0. The highest BCUT2D eigenvalue weighted by Gasteiger charge is 2.52. The van der Waals surface area contributed by atoms with Gasteiger partial charge < -0.3 is 0 Å². The molecule has 1 fully saturated rings. The fourth-order valence-corrected chi connectivity index (χ4v) is 1.16. The molecule has 0 aromatic carbocycles. The zero-order chi connectivity index (χ0) is 5.61. The Balaban J connectivity index is 2.26. The van der Waals surface area contributed by atoms with Gasteiger partial charge in [-0.3, -0.25) is 4.79 Å². The minimum Gasteiger partial charge on any atom is -0.282 e. The van der Waals surface area contributed by atoms with Crippen molar-refractivity contribution in [1.82, 2.24) is 0 Å². The summed E-state index contributed by atoms with van der Waals surface area (Å²) in [5.41, 5.74) is 0. The SMILES string of the molecule is O=C1C=CC2(OO2)S1. The third kappa shape index (κ3) is 0.506. The molecule has 0 radical (unpaired) electrons. The van der Waals surface area contributed by atoms with Crippen LogP contribution in [0.1, 0.15) is 0 Å². The highest BCUT2D eigenvalue weighted by Crippen LogP contribution is 2.46. The summed E-state index contributed by atoms with van der Waals surface area (Å²) in [7, 11) is 0. The summed E-state index contributed by atoms with van der Waals surface area (Å²) in [5.74, 6) is 0. The first-order chi connectivity index (χ1) is 3.81. The van der Waals surface area contributed by atoms with Crippen LogP contribution in [-0.2, 0) is 14.6 Å². The van der Waals surface area contributed by atoms with E-state index in [1.165, 1.54) is 6.08 Å². The van der Waals surface area contributed by atoms with Gasteiger partial charge in [0.2, 0.25) is 5.12 Å². The first kappa shape index (κ1) is 4.55. The van der Waals surface area contributed by atoms with Crippen molar-refractivity contribution in [3.8, 4) is 0 Å². The number of carbonyl (C=O) groups is 1. The van der Waals surface area contributed by atoms with E-state index in [4.69, 9.17) is 0 Å². The Morgan fingerprint density at radius 3 is 2.62 bits per heavy atom. The van der Waals surface area contributed by atoms with Crippen molar-refractivity contribution in [3.05, 3.63) is 12.2 Å². The smallest absolute Gasteiger partial charge is 0.282 e. The summed E-state index contributed by atoms with van der Waals surface area (Å²) >= 11 is 1.04. The second-order valence-electron chi connectivity index (χ2n) is 1.52. The minimum atomic E-state index is -0.697. The molecule has 0 amide bonds. The first-order valence-electron chi connectivity index (χ1n) is 2.10. The van der Waals surface area contributed by atoms with Gasteiger partial charge in [-0.2, -0.15) is 9.78 Å². The lowest BCUT2D eigenvalue weighted by Crippen LogP contribution is -1.93. The maximum absolute atomic E-state index is 10.4. The van der Waals surface area contributed by atoms with Crippen molar-refractivity contribution in [2.24, 2.45) is 0 Å².